The van der Waals surface area contributed by atoms with Gasteiger partial charge in [-0.3, -0.25) is 9.62 Å². The van der Waals surface area contributed by atoms with E-state index in [4.69, 9.17) is 11.5 Å². The molecule has 2 aliphatic rings. The maximum Gasteiger partial charge on any atom is 0.229 e. The smallest absolute Gasteiger partial charge is 0.229 e. The number of guanidine groups is 2. The zero-order valence-corrected chi connectivity index (χ0v) is 15.3. The highest BCUT2D eigenvalue weighted by molar-refractivity contribution is 7.92. The van der Waals surface area contributed by atoms with Crippen molar-refractivity contribution in [1.82, 2.24) is 0 Å². The standard InChI is InChI=1S/C16H24N6O2S/c1-11-10-12(21-25(2,23)24)6-7-13(11)22-15(18)19-14(17)20-16(22)8-4-3-5-9-16/h6-7,10,21H,3-5,8-9H2,1-2H3,(H4,17,18,19,20). The van der Waals surface area contributed by atoms with Gasteiger partial charge in [0.25, 0.3) is 0 Å². The van der Waals surface area contributed by atoms with Crippen molar-refractivity contribution in [1.29, 1.82) is 0 Å². The average molecular weight is 364 g/mol. The molecule has 1 spiro atoms. The van der Waals surface area contributed by atoms with E-state index in [0.717, 1.165) is 49.6 Å². The third kappa shape index (κ3) is 3.55. The monoisotopic (exact) mass is 364 g/mol. The molecule has 1 aromatic carbocycles. The highest BCUT2D eigenvalue weighted by atomic mass is 32.2. The minimum Gasteiger partial charge on any atom is -0.369 e. The molecule has 0 atom stereocenters. The topological polar surface area (TPSA) is 126 Å². The van der Waals surface area contributed by atoms with Crippen LogP contribution in [0.1, 0.15) is 37.7 Å². The minimum atomic E-state index is -3.33. The van der Waals surface area contributed by atoms with Gasteiger partial charge in [0.15, 0.2) is 0 Å². The first-order chi connectivity index (χ1) is 11.7. The Labute approximate surface area is 148 Å². The number of hydrogen-bond acceptors (Lipinski definition) is 7. The Morgan fingerprint density at radius 3 is 2.48 bits per heavy atom. The molecular formula is C16H24N6O2S. The van der Waals surface area contributed by atoms with Crippen LogP contribution < -0.4 is 21.1 Å². The van der Waals surface area contributed by atoms with E-state index in [2.05, 4.69) is 14.7 Å². The molecule has 9 heteroatoms. The quantitative estimate of drug-likeness (QED) is 0.749. The number of nitrogens with zero attached hydrogens (tertiary/aromatic N) is 3. The van der Waals surface area contributed by atoms with Gasteiger partial charge in [-0.05, 0) is 56.4 Å². The summed E-state index contributed by atoms with van der Waals surface area (Å²) in [5, 5.41) is 0. The van der Waals surface area contributed by atoms with Crippen molar-refractivity contribution >= 4 is 33.3 Å². The second-order valence-corrected chi connectivity index (χ2v) is 8.44. The fraction of sp³-hybridized carbons (Fsp3) is 0.500. The zero-order chi connectivity index (χ0) is 18.2. The van der Waals surface area contributed by atoms with Crippen LogP contribution in [0.4, 0.5) is 11.4 Å². The lowest BCUT2D eigenvalue weighted by Gasteiger charge is -2.46. The molecule has 0 bridgehead atoms. The zero-order valence-electron chi connectivity index (χ0n) is 14.5. The lowest BCUT2D eigenvalue weighted by molar-refractivity contribution is 0.305. The van der Waals surface area contributed by atoms with Crippen molar-refractivity contribution in [3.63, 3.8) is 0 Å². The van der Waals surface area contributed by atoms with Crippen LogP contribution >= 0.6 is 0 Å². The van der Waals surface area contributed by atoms with Crippen molar-refractivity contribution in [2.24, 2.45) is 21.5 Å². The number of aryl methyl sites for hydroxylation is 1. The van der Waals surface area contributed by atoms with Crippen LogP contribution in [0, 0.1) is 6.92 Å². The molecule has 8 nitrogen and oxygen atoms in total. The number of benzene rings is 1. The van der Waals surface area contributed by atoms with E-state index in [-0.39, 0.29) is 5.96 Å². The second-order valence-electron chi connectivity index (χ2n) is 6.69. The second kappa shape index (κ2) is 6.21. The van der Waals surface area contributed by atoms with Crippen molar-refractivity contribution < 1.29 is 8.42 Å². The molecule has 0 amide bonds. The van der Waals surface area contributed by atoms with E-state index in [1.807, 2.05) is 17.9 Å². The molecule has 1 aliphatic carbocycles. The number of hydrogen-bond donors (Lipinski definition) is 3. The molecule has 1 aromatic rings. The van der Waals surface area contributed by atoms with Crippen molar-refractivity contribution in [2.45, 2.75) is 44.7 Å². The minimum absolute atomic E-state index is 0.212. The summed E-state index contributed by atoms with van der Waals surface area (Å²) in [5.41, 5.74) is 13.8. The summed E-state index contributed by atoms with van der Waals surface area (Å²) in [4.78, 5) is 10.7. The average Bonchev–Trinajstić information content (AvgIpc) is 2.48. The molecule has 136 valence electrons. The fourth-order valence-electron chi connectivity index (χ4n) is 3.65. The van der Waals surface area contributed by atoms with Crippen LogP contribution in [0.25, 0.3) is 0 Å². The van der Waals surface area contributed by atoms with Gasteiger partial charge in [0.05, 0.1) is 6.26 Å². The molecule has 0 radical (unpaired) electrons. The van der Waals surface area contributed by atoms with Gasteiger partial charge < -0.3 is 11.5 Å². The third-order valence-electron chi connectivity index (χ3n) is 4.59. The fourth-order valence-corrected chi connectivity index (χ4v) is 4.21. The number of nitrogens with two attached hydrogens (primary N) is 2. The lowest BCUT2D eigenvalue weighted by atomic mass is 9.87. The molecular weight excluding hydrogens is 340 g/mol. The van der Waals surface area contributed by atoms with E-state index in [0.29, 0.717) is 11.6 Å². The summed E-state index contributed by atoms with van der Waals surface area (Å²) in [7, 11) is -3.33. The van der Waals surface area contributed by atoms with Crippen molar-refractivity contribution in [2.75, 3.05) is 15.9 Å². The van der Waals surface area contributed by atoms with E-state index in [9.17, 15) is 8.42 Å². The maximum atomic E-state index is 11.4. The number of anilines is 2. The summed E-state index contributed by atoms with van der Waals surface area (Å²) in [5.74, 6) is 0.532. The first kappa shape index (κ1) is 17.5. The summed E-state index contributed by atoms with van der Waals surface area (Å²) < 4.78 is 25.4. The van der Waals surface area contributed by atoms with Gasteiger partial charge >= 0.3 is 0 Å². The number of nitrogens with one attached hydrogen (secondary N) is 1. The highest BCUT2D eigenvalue weighted by Crippen LogP contribution is 2.40. The van der Waals surface area contributed by atoms with Crippen LogP contribution in [-0.4, -0.2) is 32.3 Å². The molecule has 25 heavy (non-hydrogen) atoms. The number of aliphatic imine (C=N–C) groups is 2. The van der Waals surface area contributed by atoms with Gasteiger partial charge in [-0.15, -0.1) is 0 Å². The number of sulfonamides is 1. The Morgan fingerprint density at radius 1 is 1.20 bits per heavy atom. The van der Waals surface area contributed by atoms with E-state index in [1.165, 1.54) is 0 Å². The van der Waals surface area contributed by atoms with Gasteiger partial charge in [0.2, 0.25) is 21.9 Å². The molecule has 1 saturated carbocycles. The summed E-state index contributed by atoms with van der Waals surface area (Å²) in [6.45, 7) is 1.91. The van der Waals surface area contributed by atoms with Gasteiger partial charge in [-0.1, -0.05) is 6.42 Å². The van der Waals surface area contributed by atoms with Crippen LogP contribution in [-0.2, 0) is 10.0 Å². The van der Waals surface area contributed by atoms with E-state index >= 15 is 0 Å². The summed E-state index contributed by atoms with van der Waals surface area (Å²) in [6.07, 6.45) is 6.10. The van der Waals surface area contributed by atoms with E-state index < -0.39 is 15.7 Å². The van der Waals surface area contributed by atoms with Crippen LogP contribution in [0.15, 0.2) is 28.2 Å². The van der Waals surface area contributed by atoms with Gasteiger partial charge in [-0.25, -0.2) is 13.4 Å². The van der Waals surface area contributed by atoms with Crippen LogP contribution in [0.5, 0.6) is 0 Å². The molecule has 0 saturated heterocycles. The Morgan fingerprint density at radius 2 is 1.88 bits per heavy atom. The molecule has 0 unspecified atom stereocenters. The Kier molecular flexibility index (Phi) is 4.36. The van der Waals surface area contributed by atoms with Crippen molar-refractivity contribution in [3.8, 4) is 0 Å². The van der Waals surface area contributed by atoms with Crippen LogP contribution in [0.3, 0.4) is 0 Å². The predicted molar refractivity (Wildman–Crippen MR) is 101 cm³/mol. The predicted octanol–water partition coefficient (Wildman–Crippen LogP) is 1.48. The molecule has 1 heterocycles. The van der Waals surface area contributed by atoms with Crippen molar-refractivity contribution in [3.05, 3.63) is 23.8 Å². The summed E-state index contributed by atoms with van der Waals surface area (Å²) >= 11 is 0. The molecule has 5 N–H and O–H groups in total. The maximum absolute atomic E-state index is 11.4. The normalized spacial score (nSPS) is 20.2. The molecule has 1 aliphatic heterocycles. The summed E-state index contributed by atoms with van der Waals surface area (Å²) in [6, 6.07) is 5.34. The lowest BCUT2D eigenvalue weighted by Crippen LogP contribution is -2.58. The first-order valence-electron chi connectivity index (χ1n) is 8.28. The molecule has 0 aromatic heterocycles. The van der Waals surface area contributed by atoms with Gasteiger partial charge in [-0.2, -0.15) is 4.99 Å². The first-order valence-corrected chi connectivity index (χ1v) is 10.2. The highest BCUT2D eigenvalue weighted by Gasteiger charge is 2.42. The van der Waals surface area contributed by atoms with Crippen LogP contribution in [0.2, 0.25) is 0 Å². The van der Waals surface area contributed by atoms with Gasteiger partial charge in [0, 0.05) is 11.4 Å². The Hall–Kier alpha value is -2.29. The molecule has 3 rings (SSSR count). The van der Waals surface area contributed by atoms with Gasteiger partial charge in [0.1, 0.15) is 5.66 Å². The third-order valence-corrected chi connectivity index (χ3v) is 5.20. The number of rotatable bonds is 3. The largest absolute Gasteiger partial charge is 0.369 e. The van der Waals surface area contributed by atoms with E-state index in [1.54, 1.807) is 12.1 Å². The Balaban J connectivity index is 2.02. The SMILES string of the molecule is Cc1cc(NS(C)(=O)=O)ccc1N1C(N)=NC(N)=NC12CCCCC2. The Bertz CT molecular complexity index is 840. The molecule has 1 fully saturated rings.